The van der Waals surface area contributed by atoms with Crippen molar-refractivity contribution < 1.29 is 21.6 Å². The molecule has 0 aromatic heterocycles. The first-order valence-corrected chi connectivity index (χ1v) is 7.09. The molecule has 0 heterocycles. The zero-order valence-electron chi connectivity index (χ0n) is 9.83. The van der Waals surface area contributed by atoms with Crippen LogP contribution in [-0.2, 0) is 16.2 Å². The second-order valence-electron chi connectivity index (χ2n) is 3.85. The Kier molecular flexibility index (Phi) is 4.70. The first-order chi connectivity index (χ1) is 8.59. The van der Waals surface area contributed by atoms with Gasteiger partial charge in [-0.25, -0.2) is 8.42 Å². The fraction of sp³-hybridized carbons (Fsp3) is 0.400. The van der Waals surface area contributed by atoms with E-state index in [4.69, 9.17) is 17.3 Å². The molecule has 1 aromatic carbocycles. The second-order valence-corrected chi connectivity index (χ2v) is 6.36. The topological polar surface area (TPSA) is 72.2 Å². The number of sulfonamides is 1. The predicted molar refractivity (Wildman–Crippen MR) is 67.5 cm³/mol. The number of rotatable bonds is 4. The van der Waals surface area contributed by atoms with Gasteiger partial charge in [0.2, 0.25) is 10.0 Å². The summed E-state index contributed by atoms with van der Waals surface area (Å²) >= 11 is 5.63. The molecule has 9 heteroatoms. The Bertz CT molecular complexity index is 560. The van der Waals surface area contributed by atoms with Gasteiger partial charge in [0.1, 0.15) is 0 Å². The monoisotopic (exact) mass is 316 g/mol. The van der Waals surface area contributed by atoms with Gasteiger partial charge in [0.05, 0.1) is 21.5 Å². The number of para-hydroxylation sites is 1. The molecular formula is C10H12ClF3N2O2S. The minimum Gasteiger partial charge on any atom is -0.329 e. The van der Waals surface area contributed by atoms with Gasteiger partial charge in [-0.05, 0) is 19.1 Å². The van der Waals surface area contributed by atoms with Crippen LogP contribution >= 0.6 is 11.6 Å². The number of nitrogens with one attached hydrogen (secondary N) is 1. The fourth-order valence-corrected chi connectivity index (χ4v) is 2.47. The molecule has 1 unspecified atom stereocenters. The smallest absolute Gasteiger partial charge is 0.329 e. The molecule has 1 rings (SSSR count). The summed E-state index contributed by atoms with van der Waals surface area (Å²) in [6.07, 6.45) is -4.71. The highest BCUT2D eigenvalue weighted by Gasteiger charge is 2.36. The van der Waals surface area contributed by atoms with Crippen molar-refractivity contribution in [3.8, 4) is 0 Å². The lowest BCUT2D eigenvalue weighted by atomic mass is 10.2. The summed E-state index contributed by atoms with van der Waals surface area (Å²) in [5.74, 6) is 0. The lowest BCUT2D eigenvalue weighted by Crippen LogP contribution is -2.32. The van der Waals surface area contributed by atoms with Crippen molar-refractivity contribution >= 4 is 27.3 Å². The Labute approximate surface area is 113 Å². The van der Waals surface area contributed by atoms with Crippen LogP contribution in [-0.4, -0.2) is 20.2 Å². The molecule has 0 fully saturated rings. The quantitative estimate of drug-likeness (QED) is 0.896. The van der Waals surface area contributed by atoms with Crippen LogP contribution in [0.4, 0.5) is 18.9 Å². The van der Waals surface area contributed by atoms with Crippen molar-refractivity contribution in [2.24, 2.45) is 5.73 Å². The molecule has 1 aromatic rings. The van der Waals surface area contributed by atoms with Crippen LogP contribution < -0.4 is 10.5 Å². The van der Waals surface area contributed by atoms with Gasteiger partial charge in [-0.3, -0.25) is 4.72 Å². The van der Waals surface area contributed by atoms with Gasteiger partial charge < -0.3 is 5.73 Å². The third-order valence-corrected chi connectivity index (χ3v) is 4.48. The van der Waals surface area contributed by atoms with E-state index in [0.717, 1.165) is 12.1 Å². The van der Waals surface area contributed by atoms with E-state index in [9.17, 15) is 21.6 Å². The number of nitrogens with two attached hydrogens (primary N) is 1. The molecule has 0 spiro atoms. The van der Waals surface area contributed by atoms with Gasteiger partial charge in [-0.2, -0.15) is 13.2 Å². The van der Waals surface area contributed by atoms with Crippen LogP contribution in [0.2, 0.25) is 5.02 Å². The number of hydrogen-bond acceptors (Lipinski definition) is 3. The fourth-order valence-electron chi connectivity index (χ4n) is 1.23. The molecular weight excluding hydrogens is 305 g/mol. The molecule has 0 saturated heterocycles. The molecule has 0 amide bonds. The van der Waals surface area contributed by atoms with Gasteiger partial charge in [0.15, 0.2) is 0 Å². The van der Waals surface area contributed by atoms with Crippen molar-refractivity contribution in [3.05, 3.63) is 28.8 Å². The largest absolute Gasteiger partial charge is 0.418 e. The molecule has 4 nitrogen and oxygen atoms in total. The van der Waals surface area contributed by atoms with Crippen molar-refractivity contribution in [1.29, 1.82) is 0 Å². The van der Waals surface area contributed by atoms with Crippen LogP contribution in [0.15, 0.2) is 18.2 Å². The predicted octanol–water partition coefficient (Wildman–Crippen LogP) is 2.45. The summed E-state index contributed by atoms with van der Waals surface area (Å²) in [5.41, 5.74) is 3.37. The van der Waals surface area contributed by atoms with E-state index in [-0.39, 0.29) is 11.6 Å². The maximum Gasteiger partial charge on any atom is 0.418 e. The number of benzene rings is 1. The molecule has 0 bridgehead atoms. The van der Waals surface area contributed by atoms with Crippen molar-refractivity contribution in [3.63, 3.8) is 0 Å². The SMILES string of the molecule is CC(CN)S(=O)(=O)Nc1c(Cl)cccc1C(F)(F)F. The first kappa shape index (κ1) is 16.1. The lowest BCUT2D eigenvalue weighted by molar-refractivity contribution is -0.136. The van der Waals surface area contributed by atoms with E-state index in [1.807, 2.05) is 4.72 Å². The van der Waals surface area contributed by atoms with E-state index in [2.05, 4.69) is 0 Å². The maximum atomic E-state index is 12.8. The highest BCUT2D eigenvalue weighted by Crippen LogP contribution is 2.39. The highest BCUT2D eigenvalue weighted by atomic mass is 35.5. The Morgan fingerprint density at radius 2 is 2.00 bits per heavy atom. The van der Waals surface area contributed by atoms with Gasteiger partial charge in [0, 0.05) is 6.54 Å². The number of halogens is 4. The Morgan fingerprint density at radius 3 is 2.47 bits per heavy atom. The molecule has 0 radical (unpaired) electrons. The number of alkyl halides is 3. The summed E-state index contributed by atoms with van der Waals surface area (Å²) < 4.78 is 63.6. The molecule has 19 heavy (non-hydrogen) atoms. The van der Waals surface area contributed by atoms with Crippen LogP contribution in [0.5, 0.6) is 0 Å². The van der Waals surface area contributed by atoms with Crippen molar-refractivity contribution in [1.82, 2.24) is 0 Å². The highest BCUT2D eigenvalue weighted by molar-refractivity contribution is 7.93. The molecule has 1 atom stereocenters. The van der Waals surface area contributed by atoms with Crippen molar-refractivity contribution in [2.75, 3.05) is 11.3 Å². The summed E-state index contributed by atoms with van der Waals surface area (Å²) in [5, 5.41) is -1.37. The number of anilines is 1. The van der Waals surface area contributed by atoms with Gasteiger partial charge >= 0.3 is 6.18 Å². The minimum atomic E-state index is -4.71. The molecule has 3 N–H and O–H groups in total. The van der Waals surface area contributed by atoms with Gasteiger partial charge in [-0.1, -0.05) is 17.7 Å². The summed E-state index contributed by atoms with van der Waals surface area (Å²) in [6, 6.07) is 3.01. The second kappa shape index (κ2) is 5.56. The Morgan fingerprint density at radius 1 is 1.42 bits per heavy atom. The van der Waals surface area contributed by atoms with Gasteiger partial charge in [-0.15, -0.1) is 0 Å². The average molecular weight is 317 g/mol. The third kappa shape index (κ3) is 3.74. The van der Waals surface area contributed by atoms with Crippen molar-refractivity contribution in [2.45, 2.75) is 18.3 Å². The normalized spacial score (nSPS) is 14.2. The molecule has 0 saturated carbocycles. The average Bonchev–Trinajstić information content (AvgIpc) is 2.29. The summed E-state index contributed by atoms with van der Waals surface area (Å²) in [6.45, 7) is 1.06. The Balaban J connectivity index is 3.29. The van der Waals surface area contributed by atoms with E-state index in [1.165, 1.54) is 13.0 Å². The van der Waals surface area contributed by atoms with Crippen LogP contribution in [0.25, 0.3) is 0 Å². The summed E-state index contributed by atoms with van der Waals surface area (Å²) in [4.78, 5) is 0. The van der Waals surface area contributed by atoms with E-state index < -0.39 is 32.7 Å². The Hall–Kier alpha value is -0.990. The lowest BCUT2D eigenvalue weighted by Gasteiger charge is -2.18. The first-order valence-electron chi connectivity index (χ1n) is 5.17. The van der Waals surface area contributed by atoms with E-state index >= 15 is 0 Å². The molecule has 0 aliphatic heterocycles. The van der Waals surface area contributed by atoms with E-state index in [1.54, 1.807) is 0 Å². The maximum absolute atomic E-state index is 12.8. The number of hydrogen-bond donors (Lipinski definition) is 2. The van der Waals surface area contributed by atoms with Crippen LogP contribution in [0.3, 0.4) is 0 Å². The zero-order valence-corrected chi connectivity index (χ0v) is 11.4. The molecule has 0 aliphatic rings. The zero-order chi connectivity index (χ0) is 14.8. The minimum absolute atomic E-state index is 0.221. The van der Waals surface area contributed by atoms with Crippen LogP contribution in [0, 0.1) is 0 Å². The summed E-state index contributed by atoms with van der Waals surface area (Å²) in [7, 11) is -4.03. The molecule has 0 aliphatic carbocycles. The van der Waals surface area contributed by atoms with E-state index in [0.29, 0.717) is 0 Å². The third-order valence-electron chi connectivity index (χ3n) is 2.42. The van der Waals surface area contributed by atoms with Crippen LogP contribution in [0.1, 0.15) is 12.5 Å². The standard InChI is InChI=1S/C10H12ClF3N2O2S/c1-6(5-15)19(17,18)16-9-7(10(12,13)14)3-2-4-8(9)11/h2-4,6,16H,5,15H2,1H3. The van der Waals surface area contributed by atoms with Gasteiger partial charge in [0.25, 0.3) is 0 Å². The molecule has 108 valence electrons.